The van der Waals surface area contributed by atoms with E-state index in [4.69, 9.17) is 23.2 Å². The Balaban J connectivity index is 2.10. The molecule has 8 heteroatoms. The zero-order chi connectivity index (χ0) is 13.0. The average molecular weight is 284 g/mol. The number of rotatable bonds is 3. The normalized spacial score (nSPS) is 10.8. The molecule has 0 bridgehead atoms. The van der Waals surface area contributed by atoms with Gasteiger partial charge < -0.3 is 0 Å². The Bertz CT molecular complexity index is 640. The highest BCUT2D eigenvalue weighted by Crippen LogP contribution is 2.19. The number of benzene rings is 1. The highest BCUT2D eigenvalue weighted by Gasteiger charge is 1.98. The van der Waals surface area contributed by atoms with Gasteiger partial charge in [-0.3, -0.25) is 5.43 Å². The Morgan fingerprint density at radius 1 is 1.39 bits per heavy atom. The first-order valence-electron chi connectivity index (χ1n) is 4.81. The van der Waals surface area contributed by atoms with Crippen molar-refractivity contribution in [2.24, 2.45) is 5.10 Å². The van der Waals surface area contributed by atoms with Gasteiger partial charge in [0.2, 0.25) is 0 Å². The van der Waals surface area contributed by atoms with Gasteiger partial charge in [-0.1, -0.05) is 29.3 Å². The first-order chi connectivity index (χ1) is 8.65. The van der Waals surface area contributed by atoms with E-state index in [9.17, 15) is 4.79 Å². The number of H-pyrrole nitrogens is 1. The van der Waals surface area contributed by atoms with Crippen molar-refractivity contribution in [3.63, 3.8) is 0 Å². The lowest BCUT2D eigenvalue weighted by Gasteiger charge is -1.99. The minimum absolute atomic E-state index is 0.236. The predicted octanol–water partition coefficient (Wildman–Crippen LogP) is 1.92. The molecule has 1 aromatic carbocycles. The predicted molar refractivity (Wildman–Crippen MR) is 70.3 cm³/mol. The molecule has 0 aliphatic rings. The number of hydrogen-bond acceptors (Lipinski definition) is 5. The third-order valence-corrected chi connectivity index (χ3v) is 2.48. The van der Waals surface area contributed by atoms with Crippen LogP contribution < -0.4 is 11.1 Å². The molecule has 92 valence electrons. The van der Waals surface area contributed by atoms with Gasteiger partial charge in [0.1, 0.15) is 0 Å². The van der Waals surface area contributed by atoms with Gasteiger partial charge in [-0.2, -0.15) is 15.2 Å². The van der Waals surface area contributed by atoms with Crippen molar-refractivity contribution in [3.05, 3.63) is 50.5 Å². The second kappa shape index (κ2) is 5.61. The smallest absolute Gasteiger partial charge is 0.260 e. The van der Waals surface area contributed by atoms with E-state index in [1.165, 1.54) is 12.4 Å². The largest absolute Gasteiger partial charge is 0.363 e. The zero-order valence-corrected chi connectivity index (χ0v) is 10.4. The van der Waals surface area contributed by atoms with E-state index in [1.54, 1.807) is 18.2 Å². The van der Waals surface area contributed by atoms with Gasteiger partial charge >= 0.3 is 5.69 Å². The highest BCUT2D eigenvalue weighted by atomic mass is 35.5. The van der Waals surface area contributed by atoms with Crippen molar-refractivity contribution in [2.75, 3.05) is 5.43 Å². The number of aromatic amines is 1. The van der Waals surface area contributed by atoms with Crippen LogP contribution in [0.3, 0.4) is 0 Å². The summed E-state index contributed by atoms with van der Waals surface area (Å²) in [5, 5.41) is 10.6. The number of nitrogens with one attached hydrogen (secondary N) is 2. The summed E-state index contributed by atoms with van der Waals surface area (Å²) < 4.78 is 0. The number of hydrazone groups is 1. The maximum atomic E-state index is 10.9. The third-order valence-electron chi connectivity index (χ3n) is 1.91. The van der Waals surface area contributed by atoms with Crippen LogP contribution in [0.1, 0.15) is 5.56 Å². The average Bonchev–Trinajstić information content (AvgIpc) is 2.32. The molecular weight excluding hydrogens is 277 g/mol. The highest BCUT2D eigenvalue weighted by molar-refractivity contribution is 6.36. The number of anilines is 1. The monoisotopic (exact) mass is 283 g/mol. The molecule has 0 saturated heterocycles. The molecule has 0 spiro atoms. The van der Waals surface area contributed by atoms with Gasteiger partial charge in [-0.15, -0.1) is 0 Å². The maximum absolute atomic E-state index is 10.9. The van der Waals surface area contributed by atoms with Crippen molar-refractivity contribution in [2.45, 2.75) is 0 Å². The summed E-state index contributed by atoms with van der Waals surface area (Å²) in [4.78, 5) is 14.4. The molecule has 0 aliphatic carbocycles. The van der Waals surface area contributed by atoms with E-state index < -0.39 is 5.69 Å². The van der Waals surface area contributed by atoms with Crippen LogP contribution in [-0.2, 0) is 0 Å². The Labute approximate surface area is 112 Å². The quantitative estimate of drug-likeness (QED) is 0.666. The molecule has 0 fully saturated rings. The number of hydrogen-bond donors (Lipinski definition) is 2. The molecule has 0 aliphatic heterocycles. The minimum atomic E-state index is -0.556. The molecular formula is C10H7Cl2N5O. The van der Waals surface area contributed by atoms with E-state index in [0.29, 0.717) is 15.6 Å². The Kier molecular flexibility index (Phi) is 3.91. The van der Waals surface area contributed by atoms with Gasteiger partial charge in [-0.25, -0.2) is 9.89 Å². The summed E-state index contributed by atoms with van der Waals surface area (Å²) >= 11 is 11.7. The van der Waals surface area contributed by atoms with Gasteiger partial charge in [0.15, 0.2) is 5.82 Å². The number of aromatic nitrogens is 3. The lowest BCUT2D eigenvalue weighted by Crippen LogP contribution is -2.13. The van der Waals surface area contributed by atoms with Crippen molar-refractivity contribution >= 4 is 35.2 Å². The molecule has 18 heavy (non-hydrogen) atoms. The van der Waals surface area contributed by atoms with E-state index >= 15 is 0 Å². The number of nitrogens with zero attached hydrogens (tertiary/aromatic N) is 3. The van der Waals surface area contributed by atoms with Crippen LogP contribution in [0.25, 0.3) is 0 Å². The second-order valence-electron chi connectivity index (χ2n) is 3.21. The van der Waals surface area contributed by atoms with Crippen molar-refractivity contribution < 1.29 is 0 Å². The molecule has 6 nitrogen and oxygen atoms in total. The van der Waals surface area contributed by atoms with Gasteiger partial charge in [0.25, 0.3) is 0 Å². The molecule has 1 heterocycles. The molecule has 2 N–H and O–H groups in total. The van der Waals surface area contributed by atoms with Crippen LogP contribution in [0.5, 0.6) is 0 Å². The van der Waals surface area contributed by atoms with Gasteiger partial charge in [-0.05, 0) is 12.1 Å². The van der Waals surface area contributed by atoms with Crippen LogP contribution in [0.4, 0.5) is 5.82 Å². The van der Waals surface area contributed by atoms with Crippen molar-refractivity contribution in [3.8, 4) is 0 Å². The molecule has 0 atom stereocenters. The molecule has 0 unspecified atom stereocenters. The lowest BCUT2D eigenvalue weighted by atomic mass is 10.2. The van der Waals surface area contributed by atoms with Crippen molar-refractivity contribution in [1.82, 2.24) is 15.2 Å². The standard InChI is InChI=1S/C10H7Cl2N5O/c11-7-2-1-6(8(12)3-7)4-13-16-9-5-14-17-10(18)15-9/h1-5H,(H2,15,16,17,18). The fraction of sp³-hybridized carbons (Fsp3) is 0. The zero-order valence-electron chi connectivity index (χ0n) is 8.89. The molecule has 1 aromatic heterocycles. The van der Waals surface area contributed by atoms with Crippen LogP contribution in [0, 0.1) is 0 Å². The van der Waals surface area contributed by atoms with Gasteiger partial charge in [0.05, 0.1) is 17.4 Å². The summed E-state index contributed by atoms with van der Waals surface area (Å²) in [5.41, 5.74) is 2.69. The molecule has 0 amide bonds. The van der Waals surface area contributed by atoms with Crippen molar-refractivity contribution in [1.29, 1.82) is 0 Å². The van der Waals surface area contributed by atoms with E-state index in [2.05, 4.69) is 25.7 Å². The maximum Gasteiger partial charge on any atom is 0.363 e. The topological polar surface area (TPSA) is 83.0 Å². The molecule has 2 rings (SSSR count). The summed E-state index contributed by atoms with van der Waals surface area (Å²) in [7, 11) is 0. The summed E-state index contributed by atoms with van der Waals surface area (Å²) in [6, 6.07) is 5.03. The fourth-order valence-electron chi connectivity index (χ4n) is 1.14. The van der Waals surface area contributed by atoms with Crippen LogP contribution in [0.2, 0.25) is 10.0 Å². The summed E-state index contributed by atoms with van der Waals surface area (Å²) in [6.45, 7) is 0. The summed E-state index contributed by atoms with van der Waals surface area (Å²) in [6.07, 6.45) is 2.82. The van der Waals surface area contributed by atoms with Crippen LogP contribution in [-0.4, -0.2) is 21.4 Å². The van der Waals surface area contributed by atoms with Crippen LogP contribution >= 0.6 is 23.2 Å². The Hall–Kier alpha value is -1.92. The third kappa shape index (κ3) is 3.28. The minimum Gasteiger partial charge on any atom is -0.260 e. The Morgan fingerprint density at radius 3 is 2.94 bits per heavy atom. The van der Waals surface area contributed by atoms with Gasteiger partial charge in [0, 0.05) is 10.6 Å². The molecule has 0 saturated carbocycles. The first-order valence-corrected chi connectivity index (χ1v) is 5.56. The van der Waals surface area contributed by atoms with E-state index in [-0.39, 0.29) is 5.82 Å². The lowest BCUT2D eigenvalue weighted by molar-refractivity contribution is 0.913. The SMILES string of the molecule is O=c1nc(NN=Cc2ccc(Cl)cc2Cl)cn[nH]1. The van der Waals surface area contributed by atoms with E-state index in [0.717, 1.165) is 0 Å². The second-order valence-corrected chi connectivity index (χ2v) is 4.05. The van der Waals surface area contributed by atoms with E-state index in [1.807, 2.05) is 0 Å². The summed E-state index contributed by atoms with van der Waals surface area (Å²) in [5.74, 6) is 0.236. The number of halogens is 2. The fourth-order valence-corrected chi connectivity index (χ4v) is 1.60. The van der Waals surface area contributed by atoms with Crippen LogP contribution in [0.15, 0.2) is 34.3 Å². The molecule has 2 aromatic rings. The first kappa shape index (κ1) is 12.5. The molecule has 0 radical (unpaired) electrons. The Morgan fingerprint density at radius 2 is 2.22 bits per heavy atom.